The zero-order valence-corrected chi connectivity index (χ0v) is 17.7. The average Bonchev–Trinajstić information content (AvgIpc) is 3.16. The van der Waals surface area contributed by atoms with Gasteiger partial charge in [-0.05, 0) is 53.8 Å². The zero-order chi connectivity index (χ0) is 20.9. The summed E-state index contributed by atoms with van der Waals surface area (Å²) in [6.07, 6.45) is 3.15. The van der Waals surface area contributed by atoms with Gasteiger partial charge in [-0.3, -0.25) is 4.79 Å². The minimum absolute atomic E-state index is 0.128. The van der Waals surface area contributed by atoms with Crippen molar-refractivity contribution in [2.45, 2.75) is 25.7 Å². The molecule has 3 aromatic carbocycles. The number of esters is 1. The highest BCUT2D eigenvalue weighted by atomic mass is 35.5. The van der Waals surface area contributed by atoms with Gasteiger partial charge in [0.2, 0.25) is 0 Å². The van der Waals surface area contributed by atoms with Gasteiger partial charge in [0, 0.05) is 28.0 Å². The van der Waals surface area contributed by atoms with E-state index in [1.807, 2.05) is 43.5 Å². The van der Waals surface area contributed by atoms with E-state index in [9.17, 15) is 4.79 Å². The number of H-pyrrole nitrogens is 1. The summed E-state index contributed by atoms with van der Waals surface area (Å²) in [5.41, 5.74) is 5.67. The molecule has 4 rings (SSSR count). The molecule has 0 aliphatic rings. The number of aromatic nitrogens is 1. The smallest absolute Gasteiger partial charge is 0.306 e. The van der Waals surface area contributed by atoms with E-state index in [-0.39, 0.29) is 18.3 Å². The van der Waals surface area contributed by atoms with Gasteiger partial charge in [0.15, 0.2) is 0 Å². The normalized spacial score (nSPS) is 12.1. The van der Waals surface area contributed by atoms with Gasteiger partial charge < -0.3 is 9.72 Å². The Hall–Kier alpha value is -3.04. The number of benzene rings is 3. The Morgan fingerprint density at radius 1 is 1.00 bits per heavy atom. The maximum absolute atomic E-state index is 12.3. The summed E-state index contributed by atoms with van der Waals surface area (Å²) < 4.78 is 5.24. The van der Waals surface area contributed by atoms with Crippen LogP contribution in [0.5, 0.6) is 0 Å². The van der Waals surface area contributed by atoms with E-state index in [1.54, 1.807) is 0 Å². The number of halogens is 1. The minimum Gasteiger partial charge on any atom is -0.466 e. The molecule has 0 saturated heterocycles. The summed E-state index contributed by atoms with van der Waals surface area (Å²) in [5, 5.41) is 1.77. The van der Waals surface area contributed by atoms with Crippen LogP contribution in [0.4, 0.5) is 0 Å². The molecule has 4 heteroatoms. The van der Waals surface area contributed by atoms with E-state index in [0.29, 0.717) is 11.6 Å². The molecule has 30 heavy (non-hydrogen) atoms. The van der Waals surface area contributed by atoms with Gasteiger partial charge in [-0.25, -0.2) is 0 Å². The Bertz CT molecular complexity index is 1150. The Labute approximate surface area is 181 Å². The Balaban J connectivity index is 1.69. The maximum atomic E-state index is 12.3. The summed E-state index contributed by atoms with van der Waals surface area (Å²) in [5.74, 6) is -0.339. The summed E-state index contributed by atoms with van der Waals surface area (Å²) in [4.78, 5) is 15.7. The van der Waals surface area contributed by atoms with Crippen molar-refractivity contribution in [2.75, 3.05) is 6.61 Å². The van der Waals surface area contributed by atoms with Crippen LogP contribution in [-0.2, 0) is 16.0 Å². The van der Waals surface area contributed by atoms with Crippen molar-refractivity contribution in [3.63, 3.8) is 0 Å². The van der Waals surface area contributed by atoms with Gasteiger partial charge in [0.25, 0.3) is 0 Å². The zero-order valence-electron chi connectivity index (χ0n) is 16.9. The van der Waals surface area contributed by atoms with Crippen LogP contribution in [0, 0.1) is 0 Å². The highest BCUT2D eigenvalue weighted by Crippen LogP contribution is 2.35. The van der Waals surface area contributed by atoms with Crippen molar-refractivity contribution in [3.8, 4) is 0 Å². The number of carbonyl (C=O) groups is 1. The van der Waals surface area contributed by atoms with E-state index in [4.69, 9.17) is 16.3 Å². The molecule has 1 aromatic heterocycles. The lowest BCUT2D eigenvalue weighted by atomic mass is 9.88. The minimum atomic E-state index is -0.211. The SMILES string of the molecule is CCOC(=O)CC(c1cccc(Cl)c1)c1c[nH]c2cc(Cc3ccccc3)ccc12. The average molecular weight is 418 g/mol. The molecule has 3 nitrogen and oxygen atoms in total. The lowest BCUT2D eigenvalue weighted by Crippen LogP contribution is -2.11. The summed E-state index contributed by atoms with van der Waals surface area (Å²) in [7, 11) is 0. The largest absolute Gasteiger partial charge is 0.466 e. The van der Waals surface area contributed by atoms with Crippen molar-refractivity contribution in [1.29, 1.82) is 0 Å². The molecule has 152 valence electrons. The number of hydrogen-bond donors (Lipinski definition) is 1. The highest BCUT2D eigenvalue weighted by molar-refractivity contribution is 6.30. The predicted molar refractivity (Wildman–Crippen MR) is 122 cm³/mol. The molecule has 1 atom stereocenters. The third-order valence-corrected chi connectivity index (χ3v) is 5.57. The van der Waals surface area contributed by atoms with Crippen LogP contribution in [0.25, 0.3) is 10.9 Å². The molecule has 0 aliphatic carbocycles. The highest BCUT2D eigenvalue weighted by Gasteiger charge is 2.22. The Morgan fingerprint density at radius 2 is 1.83 bits per heavy atom. The molecule has 0 spiro atoms. The molecular weight excluding hydrogens is 394 g/mol. The van der Waals surface area contributed by atoms with Crippen LogP contribution in [0.1, 0.15) is 41.5 Å². The van der Waals surface area contributed by atoms with Crippen LogP contribution in [0.2, 0.25) is 5.02 Å². The Morgan fingerprint density at radius 3 is 2.60 bits per heavy atom. The van der Waals surface area contributed by atoms with Crippen molar-refractivity contribution in [2.24, 2.45) is 0 Å². The molecular formula is C26H24ClNO2. The van der Waals surface area contributed by atoms with Gasteiger partial charge in [-0.2, -0.15) is 0 Å². The standard InChI is InChI=1S/C26H24ClNO2/c1-2-30-26(29)16-23(20-9-6-10-21(27)15-20)24-17-28-25-14-19(11-12-22(24)25)13-18-7-4-3-5-8-18/h3-12,14-15,17,23,28H,2,13,16H2,1H3. The third kappa shape index (κ3) is 4.58. The van der Waals surface area contributed by atoms with Gasteiger partial charge in [-0.15, -0.1) is 0 Å². The van der Waals surface area contributed by atoms with Crippen LogP contribution in [0.3, 0.4) is 0 Å². The number of nitrogens with one attached hydrogen (secondary N) is 1. The van der Waals surface area contributed by atoms with Crippen LogP contribution in [-0.4, -0.2) is 17.6 Å². The number of carbonyl (C=O) groups excluding carboxylic acids is 1. The molecule has 0 amide bonds. The predicted octanol–water partition coefficient (Wildman–Crippen LogP) is 6.50. The summed E-state index contributed by atoms with van der Waals surface area (Å²) in [6, 6.07) is 24.6. The first-order valence-electron chi connectivity index (χ1n) is 10.2. The quantitative estimate of drug-likeness (QED) is 0.349. The van der Waals surface area contributed by atoms with Gasteiger partial charge in [0.05, 0.1) is 13.0 Å². The van der Waals surface area contributed by atoms with Gasteiger partial charge in [0.1, 0.15) is 0 Å². The third-order valence-electron chi connectivity index (χ3n) is 5.33. The van der Waals surface area contributed by atoms with Crippen LogP contribution < -0.4 is 0 Å². The number of fused-ring (bicyclic) bond motifs is 1. The maximum Gasteiger partial charge on any atom is 0.306 e. The first-order chi connectivity index (χ1) is 14.6. The summed E-state index contributed by atoms with van der Waals surface area (Å²) in [6.45, 7) is 2.20. The Kier molecular flexibility index (Phi) is 6.20. The van der Waals surface area contributed by atoms with Gasteiger partial charge >= 0.3 is 5.97 Å². The number of rotatable bonds is 7. The monoisotopic (exact) mass is 417 g/mol. The van der Waals surface area contributed by atoms with E-state index < -0.39 is 0 Å². The molecule has 1 unspecified atom stereocenters. The lowest BCUT2D eigenvalue weighted by Gasteiger charge is -2.17. The molecule has 0 aliphatic heterocycles. The fourth-order valence-corrected chi connectivity index (χ4v) is 4.14. The van der Waals surface area contributed by atoms with E-state index in [1.165, 1.54) is 11.1 Å². The molecule has 0 bridgehead atoms. The molecule has 4 aromatic rings. The fraction of sp³-hybridized carbons (Fsp3) is 0.192. The van der Waals surface area contributed by atoms with Crippen LogP contribution in [0.15, 0.2) is 79.0 Å². The lowest BCUT2D eigenvalue weighted by molar-refractivity contribution is -0.143. The number of hydrogen-bond acceptors (Lipinski definition) is 2. The molecule has 0 saturated carbocycles. The first kappa shape index (κ1) is 20.2. The van der Waals surface area contributed by atoms with Crippen LogP contribution >= 0.6 is 11.6 Å². The second-order valence-electron chi connectivity index (χ2n) is 7.40. The van der Waals surface area contributed by atoms with Crippen molar-refractivity contribution in [3.05, 3.63) is 106 Å². The van der Waals surface area contributed by atoms with Crippen molar-refractivity contribution >= 4 is 28.5 Å². The van der Waals surface area contributed by atoms with Crippen molar-refractivity contribution < 1.29 is 9.53 Å². The number of aromatic amines is 1. The van der Waals surface area contributed by atoms with Gasteiger partial charge in [-0.1, -0.05) is 66.2 Å². The van der Waals surface area contributed by atoms with E-state index >= 15 is 0 Å². The van der Waals surface area contributed by atoms with E-state index in [2.05, 4.69) is 47.4 Å². The van der Waals surface area contributed by atoms with Crippen molar-refractivity contribution in [1.82, 2.24) is 4.98 Å². The number of ether oxygens (including phenoxy) is 1. The second-order valence-corrected chi connectivity index (χ2v) is 7.84. The van der Waals surface area contributed by atoms with E-state index in [0.717, 1.165) is 28.5 Å². The molecule has 1 N–H and O–H groups in total. The molecule has 0 radical (unpaired) electrons. The first-order valence-corrected chi connectivity index (χ1v) is 10.6. The summed E-state index contributed by atoms with van der Waals surface area (Å²) >= 11 is 6.24. The topological polar surface area (TPSA) is 42.1 Å². The fourth-order valence-electron chi connectivity index (χ4n) is 3.94. The molecule has 0 fully saturated rings. The second kappa shape index (κ2) is 9.19. The molecule has 1 heterocycles.